The average molecular weight is 259 g/mol. The Balaban J connectivity index is 2.27. The van der Waals surface area contributed by atoms with Crippen molar-refractivity contribution < 1.29 is 13.5 Å². The van der Waals surface area contributed by atoms with E-state index in [9.17, 15) is 8.42 Å². The van der Waals surface area contributed by atoms with Crippen LogP contribution in [0.3, 0.4) is 0 Å². The van der Waals surface area contributed by atoms with E-state index in [1.54, 1.807) is 7.05 Å². The lowest BCUT2D eigenvalue weighted by Gasteiger charge is -2.15. The molecule has 6 nitrogen and oxygen atoms in total. The molecular weight excluding hydrogens is 242 g/mol. The molecule has 2 heterocycles. The topological polar surface area (TPSA) is 75.4 Å². The summed E-state index contributed by atoms with van der Waals surface area (Å²) in [5.41, 5.74) is 0. The maximum absolute atomic E-state index is 12.3. The first-order valence-electron chi connectivity index (χ1n) is 5.56. The van der Waals surface area contributed by atoms with E-state index in [1.165, 1.54) is 21.3 Å². The number of aryl methyl sites for hydroxylation is 1. The molecule has 1 fully saturated rings. The van der Waals surface area contributed by atoms with E-state index in [4.69, 9.17) is 5.11 Å². The van der Waals surface area contributed by atoms with E-state index in [1.807, 2.05) is 6.92 Å². The number of hydrogen-bond acceptors (Lipinski definition) is 4. The van der Waals surface area contributed by atoms with Crippen molar-refractivity contribution in [1.29, 1.82) is 0 Å². The van der Waals surface area contributed by atoms with Crippen LogP contribution in [-0.2, 0) is 17.1 Å². The first kappa shape index (κ1) is 12.5. The molecule has 2 atom stereocenters. The zero-order chi connectivity index (χ0) is 12.6. The number of sulfonamides is 1. The van der Waals surface area contributed by atoms with E-state index >= 15 is 0 Å². The molecule has 96 valence electrons. The Morgan fingerprint density at radius 1 is 1.53 bits per heavy atom. The van der Waals surface area contributed by atoms with Gasteiger partial charge in [0.1, 0.15) is 0 Å². The van der Waals surface area contributed by atoms with Gasteiger partial charge in [-0.2, -0.15) is 9.40 Å². The van der Waals surface area contributed by atoms with Gasteiger partial charge >= 0.3 is 0 Å². The lowest BCUT2D eigenvalue weighted by Crippen LogP contribution is -2.30. The Bertz CT molecular complexity index is 497. The number of nitrogens with zero attached hydrogens (tertiary/aromatic N) is 3. The summed E-state index contributed by atoms with van der Waals surface area (Å²) >= 11 is 0. The molecule has 1 aliphatic heterocycles. The van der Waals surface area contributed by atoms with Gasteiger partial charge in [-0.05, 0) is 17.9 Å². The van der Waals surface area contributed by atoms with Gasteiger partial charge in [-0.1, -0.05) is 6.92 Å². The third-order valence-electron chi connectivity index (χ3n) is 3.35. The second kappa shape index (κ2) is 4.40. The van der Waals surface area contributed by atoms with Gasteiger partial charge in [0.05, 0.1) is 6.20 Å². The maximum atomic E-state index is 12.3. The number of aliphatic hydroxyl groups excluding tert-OH is 1. The average Bonchev–Trinajstić information content (AvgIpc) is 2.84. The normalized spacial score (nSPS) is 26.5. The molecule has 17 heavy (non-hydrogen) atoms. The Morgan fingerprint density at radius 3 is 2.71 bits per heavy atom. The molecular formula is C10H17N3O3S. The third kappa shape index (κ3) is 2.10. The standard InChI is InChI=1S/C10H17N3O3S/c1-8-5-13(6-9(8)7-14)17(15,16)10-3-4-11-12(10)2/h3-4,8-9,14H,5-7H2,1-2H3/t8-,9+/m1/s1. The van der Waals surface area contributed by atoms with Gasteiger partial charge in [-0.15, -0.1) is 0 Å². The number of hydrogen-bond donors (Lipinski definition) is 1. The summed E-state index contributed by atoms with van der Waals surface area (Å²) in [5.74, 6) is 0.209. The molecule has 0 spiro atoms. The van der Waals surface area contributed by atoms with E-state index in [2.05, 4.69) is 5.10 Å². The van der Waals surface area contributed by atoms with Gasteiger partial charge in [-0.25, -0.2) is 8.42 Å². The lowest BCUT2D eigenvalue weighted by atomic mass is 10.00. The van der Waals surface area contributed by atoms with E-state index in [0.29, 0.717) is 13.1 Å². The molecule has 0 aliphatic carbocycles. The van der Waals surface area contributed by atoms with Crippen LogP contribution in [0.25, 0.3) is 0 Å². The molecule has 1 aliphatic rings. The van der Waals surface area contributed by atoms with Crippen molar-refractivity contribution in [3.05, 3.63) is 12.3 Å². The Kier molecular flexibility index (Phi) is 3.24. The van der Waals surface area contributed by atoms with Crippen molar-refractivity contribution in [2.75, 3.05) is 19.7 Å². The van der Waals surface area contributed by atoms with E-state index in [0.717, 1.165) is 0 Å². The van der Waals surface area contributed by atoms with Crippen molar-refractivity contribution in [2.24, 2.45) is 18.9 Å². The molecule has 1 aromatic heterocycles. The third-order valence-corrected chi connectivity index (χ3v) is 5.26. The molecule has 0 saturated carbocycles. The van der Waals surface area contributed by atoms with Crippen LogP contribution in [0.2, 0.25) is 0 Å². The van der Waals surface area contributed by atoms with Crippen molar-refractivity contribution >= 4 is 10.0 Å². The van der Waals surface area contributed by atoms with Crippen LogP contribution in [0.15, 0.2) is 17.3 Å². The monoisotopic (exact) mass is 259 g/mol. The van der Waals surface area contributed by atoms with Crippen molar-refractivity contribution in [1.82, 2.24) is 14.1 Å². The fourth-order valence-corrected chi connectivity index (χ4v) is 3.86. The summed E-state index contributed by atoms with van der Waals surface area (Å²) < 4.78 is 27.4. The Hall–Kier alpha value is -0.920. The van der Waals surface area contributed by atoms with Gasteiger partial charge in [0, 0.05) is 26.7 Å². The highest BCUT2D eigenvalue weighted by Crippen LogP contribution is 2.27. The highest BCUT2D eigenvalue weighted by atomic mass is 32.2. The molecule has 7 heteroatoms. The van der Waals surface area contributed by atoms with Gasteiger partial charge in [0.15, 0.2) is 5.03 Å². The Morgan fingerprint density at radius 2 is 2.24 bits per heavy atom. The van der Waals surface area contributed by atoms with Gasteiger partial charge < -0.3 is 5.11 Å². The maximum Gasteiger partial charge on any atom is 0.260 e. The van der Waals surface area contributed by atoms with Crippen LogP contribution in [0.1, 0.15) is 6.92 Å². The van der Waals surface area contributed by atoms with E-state index in [-0.39, 0.29) is 23.5 Å². The van der Waals surface area contributed by atoms with E-state index < -0.39 is 10.0 Å². The molecule has 1 aromatic rings. The highest BCUT2D eigenvalue weighted by molar-refractivity contribution is 7.89. The number of aliphatic hydroxyl groups is 1. The number of rotatable bonds is 3. The predicted octanol–water partition coefficient (Wildman–Crippen LogP) is -0.331. The molecule has 2 rings (SSSR count). The van der Waals surface area contributed by atoms with Crippen LogP contribution >= 0.6 is 0 Å². The molecule has 0 bridgehead atoms. The highest BCUT2D eigenvalue weighted by Gasteiger charge is 2.37. The first-order chi connectivity index (χ1) is 7.96. The summed E-state index contributed by atoms with van der Waals surface area (Å²) in [6.07, 6.45) is 1.47. The van der Waals surface area contributed by atoms with Crippen LogP contribution in [-0.4, -0.2) is 47.3 Å². The minimum Gasteiger partial charge on any atom is -0.396 e. The zero-order valence-electron chi connectivity index (χ0n) is 9.94. The minimum absolute atomic E-state index is 0.0259. The van der Waals surface area contributed by atoms with Gasteiger partial charge in [-0.3, -0.25) is 4.68 Å². The molecule has 0 aromatic carbocycles. The lowest BCUT2D eigenvalue weighted by molar-refractivity contribution is 0.210. The summed E-state index contributed by atoms with van der Waals surface area (Å²) in [5, 5.41) is 13.2. The second-order valence-corrected chi connectivity index (χ2v) is 6.42. The van der Waals surface area contributed by atoms with Crippen LogP contribution in [0.5, 0.6) is 0 Å². The smallest absolute Gasteiger partial charge is 0.260 e. The van der Waals surface area contributed by atoms with Gasteiger partial charge in [0.25, 0.3) is 10.0 Å². The number of aromatic nitrogens is 2. The summed E-state index contributed by atoms with van der Waals surface area (Å²) in [6.45, 7) is 2.82. The van der Waals surface area contributed by atoms with Crippen LogP contribution < -0.4 is 0 Å². The molecule has 1 saturated heterocycles. The molecule has 0 radical (unpaired) electrons. The predicted molar refractivity (Wildman–Crippen MR) is 61.7 cm³/mol. The minimum atomic E-state index is -3.48. The zero-order valence-corrected chi connectivity index (χ0v) is 10.8. The van der Waals surface area contributed by atoms with Crippen molar-refractivity contribution in [3.8, 4) is 0 Å². The van der Waals surface area contributed by atoms with Crippen LogP contribution in [0.4, 0.5) is 0 Å². The SMILES string of the molecule is C[C@@H]1CN(S(=O)(=O)c2ccnn2C)C[C@H]1CO. The summed E-state index contributed by atoms with van der Waals surface area (Å²) in [4.78, 5) is 0. The van der Waals surface area contributed by atoms with Gasteiger partial charge in [0.2, 0.25) is 0 Å². The van der Waals surface area contributed by atoms with Crippen molar-refractivity contribution in [3.63, 3.8) is 0 Å². The first-order valence-corrected chi connectivity index (χ1v) is 7.00. The molecule has 1 N–H and O–H groups in total. The van der Waals surface area contributed by atoms with Crippen LogP contribution in [0, 0.1) is 11.8 Å². The fourth-order valence-electron chi connectivity index (χ4n) is 2.17. The largest absolute Gasteiger partial charge is 0.396 e. The van der Waals surface area contributed by atoms with Crippen molar-refractivity contribution in [2.45, 2.75) is 11.9 Å². The fraction of sp³-hybridized carbons (Fsp3) is 0.700. The second-order valence-electron chi connectivity index (χ2n) is 4.54. The Labute approximate surface area is 101 Å². The molecule has 0 unspecified atom stereocenters. The quantitative estimate of drug-likeness (QED) is 0.806. The summed E-state index contributed by atoms with van der Waals surface area (Å²) in [6, 6.07) is 1.49. The molecule has 0 amide bonds. The summed E-state index contributed by atoms with van der Waals surface area (Å²) in [7, 11) is -1.87.